The zero-order valence-corrected chi connectivity index (χ0v) is 9.09. The summed E-state index contributed by atoms with van der Waals surface area (Å²) < 4.78 is 21.9. The predicted molar refractivity (Wildman–Crippen MR) is 54.0 cm³/mol. The van der Waals surface area contributed by atoms with Gasteiger partial charge in [-0.15, -0.1) is 0 Å². The van der Waals surface area contributed by atoms with Crippen molar-refractivity contribution in [2.24, 2.45) is 0 Å². The average Bonchev–Trinajstić information content (AvgIpc) is 2.14. The molecule has 0 radical (unpaired) electrons. The van der Waals surface area contributed by atoms with Crippen LogP contribution in [0.2, 0.25) is 0 Å². The molecule has 1 heterocycles. The van der Waals surface area contributed by atoms with Crippen molar-refractivity contribution in [3.05, 3.63) is 0 Å². The summed E-state index contributed by atoms with van der Waals surface area (Å²) in [5.74, 6) is 0.122. The van der Waals surface area contributed by atoms with E-state index < -0.39 is 9.84 Å². The molecule has 0 amide bonds. The minimum Gasteiger partial charge on any atom is -0.313 e. The molecule has 14 heavy (non-hydrogen) atoms. The van der Waals surface area contributed by atoms with E-state index in [1.54, 1.807) is 0 Å². The SMILES string of the molecule is CS(=O)(=O)CCN1CCNCC1C=O. The van der Waals surface area contributed by atoms with E-state index in [1.165, 1.54) is 6.26 Å². The molecule has 1 rings (SSSR count). The van der Waals surface area contributed by atoms with Crippen molar-refractivity contribution in [1.29, 1.82) is 0 Å². The third-order valence-corrected chi connectivity index (χ3v) is 3.23. The summed E-state index contributed by atoms with van der Waals surface area (Å²) in [7, 11) is -2.93. The van der Waals surface area contributed by atoms with Gasteiger partial charge in [0, 0.05) is 32.4 Å². The van der Waals surface area contributed by atoms with Crippen LogP contribution in [0.5, 0.6) is 0 Å². The van der Waals surface area contributed by atoms with E-state index in [0.717, 1.165) is 19.4 Å². The first-order valence-electron chi connectivity index (χ1n) is 4.61. The number of hydrogen-bond acceptors (Lipinski definition) is 5. The second-order valence-corrected chi connectivity index (χ2v) is 5.83. The van der Waals surface area contributed by atoms with Crippen LogP contribution in [0.1, 0.15) is 0 Å². The van der Waals surface area contributed by atoms with Crippen molar-refractivity contribution >= 4 is 16.1 Å². The van der Waals surface area contributed by atoms with Crippen molar-refractivity contribution in [1.82, 2.24) is 10.2 Å². The number of nitrogens with zero attached hydrogens (tertiary/aromatic N) is 1. The van der Waals surface area contributed by atoms with Gasteiger partial charge in [-0.05, 0) is 0 Å². The lowest BCUT2D eigenvalue weighted by atomic mass is 10.2. The highest BCUT2D eigenvalue weighted by atomic mass is 32.2. The summed E-state index contributed by atoms with van der Waals surface area (Å²) in [4.78, 5) is 12.6. The molecule has 0 aromatic carbocycles. The van der Waals surface area contributed by atoms with Crippen LogP contribution in [0.3, 0.4) is 0 Å². The van der Waals surface area contributed by atoms with Crippen LogP contribution in [0.15, 0.2) is 0 Å². The molecule has 0 aromatic heterocycles. The Kier molecular flexibility index (Phi) is 4.03. The van der Waals surface area contributed by atoms with Crippen LogP contribution in [-0.4, -0.2) is 63.8 Å². The van der Waals surface area contributed by atoms with E-state index in [4.69, 9.17) is 0 Å². The maximum Gasteiger partial charge on any atom is 0.148 e. The number of hydrogen-bond donors (Lipinski definition) is 1. The summed E-state index contributed by atoms with van der Waals surface area (Å²) in [6.45, 7) is 2.62. The Labute approximate surface area is 84.4 Å². The molecule has 6 heteroatoms. The Morgan fingerprint density at radius 1 is 1.57 bits per heavy atom. The molecule has 1 N–H and O–H groups in total. The van der Waals surface area contributed by atoms with Gasteiger partial charge < -0.3 is 10.1 Å². The summed E-state index contributed by atoms with van der Waals surface area (Å²) >= 11 is 0. The Bertz CT molecular complexity index is 289. The number of carbonyl (C=O) groups is 1. The molecule has 1 atom stereocenters. The third-order valence-electron chi connectivity index (χ3n) is 2.30. The second kappa shape index (κ2) is 4.86. The molecule has 5 nitrogen and oxygen atoms in total. The van der Waals surface area contributed by atoms with Crippen LogP contribution in [0.4, 0.5) is 0 Å². The molecule has 1 fully saturated rings. The van der Waals surface area contributed by atoms with Gasteiger partial charge in [-0.1, -0.05) is 0 Å². The molecule has 0 bridgehead atoms. The van der Waals surface area contributed by atoms with Crippen LogP contribution in [-0.2, 0) is 14.6 Å². The van der Waals surface area contributed by atoms with Gasteiger partial charge >= 0.3 is 0 Å². The highest BCUT2D eigenvalue weighted by Crippen LogP contribution is 2.01. The monoisotopic (exact) mass is 220 g/mol. The Balaban J connectivity index is 2.45. The Morgan fingerprint density at radius 3 is 2.86 bits per heavy atom. The first-order valence-corrected chi connectivity index (χ1v) is 6.67. The normalized spacial score (nSPS) is 24.8. The first kappa shape index (κ1) is 11.6. The van der Waals surface area contributed by atoms with Gasteiger partial charge in [-0.3, -0.25) is 4.90 Å². The molecule has 82 valence electrons. The summed E-state index contributed by atoms with van der Waals surface area (Å²) in [6.07, 6.45) is 2.08. The summed E-state index contributed by atoms with van der Waals surface area (Å²) in [6, 6.07) is -0.175. The minimum absolute atomic E-state index is 0.122. The van der Waals surface area contributed by atoms with Gasteiger partial charge in [-0.2, -0.15) is 0 Å². The zero-order valence-electron chi connectivity index (χ0n) is 8.27. The third kappa shape index (κ3) is 3.73. The molecule has 1 aliphatic heterocycles. The van der Waals surface area contributed by atoms with Crippen molar-refractivity contribution in [2.75, 3.05) is 38.2 Å². The standard InChI is InChI=1S/C8H16N2O3S/c1-14(12,13)5-4-10-3-2-9-6-8(10)7-11/h7-9H,2-6H2,1H3. The topological polar surface area (TPSA) is 66.5 Å². The number of aldehydes is 1. The number of nitrogens with one attached hydrogen (secondary N) is 1. The van der Waals surface area contributed by atoms with Crippen molar-refractivity contribution in [2.45, 2.75) is 6.04 Å². The molecule has 0 saturated carbocycles. The van der Waals surface area contributed by atoms with E-state index in [2.05, 4.69) is 5.32 Å². The Morgan fingerprint density at radius 2 is 2.29 bits per heavy atom. The quantitative estimate of drug-likeness (QED) is 0.584. The fraction of sp³-hybridized carbons (Fsp3) is 0.875. The molecular formula is C8H16N2O3S. The number of piperazine rings is 1. The summed E-state index contributed by atoms with van der Waals surface area (Å²) in [5, 5.41) is 3.09. The number of sulfone groups is 1. The van der Waals surface area contributed by atoms with Gasteiger partial charge in [0.15, 0.2) is 0 Å². The molecule has 1 unspecified atom stereocenters. The van der Waals surface area contributed by atoms with Crippen LogP contribution >= 0.6 is 0 Å². The molecule has 0 spiro atoms. The van der Waals surface area contributed by atoms with Crippen molar-refractivity contribution < 1.29 is 13.2 Å². The molecule has 0 aliphatic carbocycles. The zero-order chi connectivity index (χ0) is 10.6. The van der Waals surface area contributed by atoms with E-state index in [-0.39, 0.29) is 11.8 Å². The van der Waals surface area contributed by atoms with Crippen LogP contribution in [0, 0.1) is 0 Å². The smallest absolute Gasteiger partial charge is 0.148 e. The van der Waals surface area contributed by atoms with E-state index in [0.29, 0.717) is 13.1 Å². The lowest BCUT2D eigenvalue weighted by Crippen LogP contribution is -2.53. The second-order valence-electron chi connectivity index (χ2n) is 3.57. The lowest BCUT2D eigenvalue weighted by molar-refractivity contribution is -0.112. The van der Waals surface area contributed by atoms with Crippen molar-refractivity contribution in [3.8, 4) is 0 Å². The van der Waals surface area contributed by atoms with E-state index in [1.807, 2.05) is 4.90 Å². The fourth-order valence-corrected chi connectivity index (χ4v) is 2.03. The minimum atomic E-state index is -2.93. The number of rotatable bonds is 4. The first-order chi connectivity index (χ1) is 6.53. The lowest BCUT2D eigenvalue weighted by Gasteiger charge is -2.32. The van der Waals surface area contributed by atoms with Gasteiger partial charge in [0.25, 0.3) is 0 Å². The van der Waals surface area contributed by atoms with Gasteiger partial charge in [-0.25, -0.2) is 8.42 Å². The molecule has 1 saturated heterocycles. The van der Waals surface area contributed by atoms with Crippen LogP contribution < -0.4 is 5.32 Å². The van der Waals surface area contributed by atoms with E-state index in [9.17, 15) is 13.2 Å². The largest absolute Gasteiger partial charge is 0.313 e. The van der Waals surface area contributed by atoms with Gasteiger partial charge in [0.2, 0.25) is 0 Å². The van der Waals surface area contributed by atoms with Crippen LogP contribution in [0.25, 0.3) is 0 Å². The number of carbonyl (C=O) groups excluding carboxylic acids is 1. The highest BCUT2D eigenvalue weighted by molar-refractivity contribution is 7.90. The highest BCUT2D eigenvalue weighted by Gasteiger charge is 2.21. The molecule has 1 aliphatic rings. The maximum atomic E-state index is 10.9. The van der Waals surface area contributed by atoms with Gasteiger partial charge in [0.1, 0.15) is 16.1 Å². The average molecular weight is 220 g/mol. The predicted octanol–water partition coefficient (Wildman–Crippen LogP) is -1.50. The Hall–Kier alpha value is -0.460. The van der Waals surface area contributed by atoms with Crippen molar-refractivity contribution in [3.63, 3.8) is 0 Å². The molecular weight excluding hydrogens is 204 g/mol. The van der Waals surface area contributed by atoms with Gasteiger partial charge in [0.05, 0.1) is 11.8 Å². The maximum absolute atomic E-state index is 10.9. The van der Waals surface area contributed by atoms with E-state index >= 15 is 0 Å². The molecule has 0 aromatic rings. The fourth-order valence-electron chi connectivity index (χ4n) is 1.46. The summed E-state index contributed by atoms with van der Waals surface area (Å²) in [5.41, 5.74) is 0.